The van der Waals surface area contributed by atoms with E-state index in [0.717, 1.165) is 0 Å². The number of rotatable bonds is 7. The molecule has 22 heavy (non-hydrogen) atoms. The monoisotopic (exact) mass is 298 g/mol. The Kier molecular flexibility index (Phi) is 5.54. The maximum Gasteiger partial charge on any atom is 0.258 e. The molecule has 114 valence electrons. The summed E-state index contributed by atoms with van der Waals surface area (Å²) in [5.74, 6) is -1.04. The van der Waals surface area contributed by atoms with E-state index in [1.807, 2.05) is 12.1 Å². The lowest BCUT2D eigenvalue weighted by Gasteiger charge is -2.20. The Balaban J connectivity index is 1.95. The number of nitrogens with one attached hydrogen (secondary N) is 1. The topological polar surface area (TPSA) is 78.5 Å². The first-order valence-corrected chi connectivity index (χ1v) is 6.87. The predicted octanol–water partition coefficient (Wildman–Crippen LogP) is 1.06. The number of carbonyl (C=O) groups is 2. The molecule has 0 aliphatic heterocycles. The summed E-state index contributed by atoms with van der Waals surface area (Å²) in [6, 6.07) is 17.2. The van der Waals surface area contributed by atoms with Crippen LogP contribution in [0.1, 0.15) is 18.0 Å². The van der Waals surface area contributed by atoms with Crippen LogP contribution in [0, 0.1) is 0 Å². The van der Waals surface area contributed by atoms with E-state index in [2.05, 4.69) is 5.32 Å². The number of carboxylic acid groups (broad SMARTS) is 1. The van der Waals surface area contributed by atoms with E-state index in [0.29, 0.717) is 11.3 Å². The third-order valence-electron chi connectivity index (χ3n) is 3.02. The fraction of sp³-hybridized carbons (Fsp3) is 0.176. The maximum atomic E-state index is 11.9. The molecule has 5 heteroatoms. The van der Waals surface area contributed by atoms with Crippen LogP contribution >= 0.6 is 0 Å². The lowest BCUT2D eigenvalue weighted by molar-refractivity contribution is -0.306. The molecular weight excluding hydrogens is 282 g/mol. The number of hydrogen-bond donors (Lipinski definition) is 1. The molecule has 0 aliphatic rings. The Morgan fingerprint density at radius 1 is 1.00 bits per heavy atom. The SMILES string of the molecule is O=C([O-])C[C@@H](NC(=O)COc1ccccc1)c1ccccc1. The van der Waals surface area contributed by atoms with Gasteiger partial charge in [0.05, 0.1) is 6.04 Å². The molecule has 1 amide bonds. The van der Waals surface area contributed by atoms with Gasteiger partial charge in [-0.05, 0) is 17.7 Å². The van der Waals surface area contributed by atoms with Crippen molar-refractivity contribution in [2.24, 2.45) is 0 Å². The van der Waals surface area contributed by atoms with Crippen molar-refractivity contribution in [3.8, 4) is 5.75 Å². The van der Waals surface area contributed by atoms with Gasteiger partial charge in [0.1, 0.15) is 5.75 Å². The lowest BCUT2D eigenvalue weighted by atomic mass is 10.0. The van der Waals surface area contributed by atoms with Gasteiger partial charge in [0.2, 0.25) is 0 Å². The minimum Gasteiger partial charge on any atom is -0.550 e. The first kappa shape index (κ1) is 15.6. The third-order valence-corrected chi connectivity index (χ3v) is 3.02. The molecule has 1 N–H and O–H groups in total. The summed E-state index contributed by atoms with van der Waals surface area (Å²) in [5.41, 5.74) is 0.708. The van der Waals surface area contributed by atoms with Crippen LogP contribution in [-0.4, -0.2) is 18.5 Å². The van der Waals surface area contributed by atoms with Gasteiger partial charge in [-0.15, -0.1) is 0 Å². The number of hydrogen-bond acceptors (Lipinski definition) is 4. The molecule has 2 aromatic rings. The van der Waals surface area contributed by atoms with Crippen LogP contribution in [0.25, 0.3) is 0 Å². The molecule has 0 fully saturated rings. The van der Waals surface area contributed by atoms with Crippen molar-refractivity contribution in [3.05, 3.63) is 66.2 Å². The summed E-state index contributed by atoms with van der Waals surface area (Å²) in [7, 11) is 0. The van der Waals surface area contributed by atoms with Crippen molar-refractivity contribution < 1.29 is 19.4 Å². The zero-order valence-electron chi connectivity index (χ0n) is 11.9. The highest BCUT2D eigenvalue weighted by Gasteiger charge is 2.15. The van der Waals surface area contributed by atoms with E-state index >= 15 is 0 Å². The summed E-state index contributed by atoms with van der Waals surface area (Å²) in [6.07, 6.45) is -0.291. The van der Waals surface area contributed by atoms with Crippen molar-refractivity contribution in [1.29, 1.82) is 0 Å². The molecule has 1 atom stereocenters. The van der Waals surface area contributed by atoms with Gasteiger partial charge < -0.3 is 20.0 Å². The average Bonchev–Trinajstić information content (AvgIpc) is 2.54. The number of amides is 1. The maximum absolute atomic E-state index is 11.9. The van der Waals surface area contributed by atoms with Crippen molar-refractivity contribution in [1.82, 2.24) is 5.32 Å². The molecule has 5 nitrogen and oxygen atoms in total. The second-order valence-corrected chi connectivity index (χ2v) is 4.71. The summed E-state index contributed by atoms with van der Waals surface area (Å²) in [4.78, 5) is 22.8. The van der Waals surface area contributed by atoms with E-state index in [9.17, 15) is 14.7 Å². The molecule has 0 radical (unpaired) electrons. The number of ether oxygens (including phenoxy) is 1. The summed E-state index contributed by atoms with van der Waals surface area (Å²) < 4.78 is 5.33. The molecule has 2 rings (SSSR count). The zero-order valence-corrected chi connectivity index (χ0v) is 11.9. The van der Waals surface area contributed by atoms with Crippen LogP contribution in [0.5, 0.6) is 5.75 Å². The summed E-state index contributed by atoms with van der Waals surface area (Å²) in [5, 5.41) is 13.5. The highest BCUT2D eigenvalue weighted by atomic mass is 16.5. The number of benzene rings is 2. The molecule has 0 aliphatic carbocycles. The zero-order chi connectivity index (χ0) is 15.8. The molecule has 0 heterocycles. The Morgan fingerprint density at radius 2 is 1.59 bits per heavy atom. The molecule has 0 bridgehead atoms. The fourth-order valence-electron chi connectivity index (χ4n) is 2.01. The van der Waals surface area contributed by atoms with Crippen molar-refractivity contribution in [2.45, 2.75) is 12.5 Å². The predicted molar refractivity (Wildman–Crippen MR) is 78.9 cm³/mol. The van der Waals surface area contributed by atoms with Crippen LogP contribution in [-0.2, 0) is 9.59 Å². The van der Waals surface area contributed by atoms with Crippen LogP contribution in [0.4, 0.5) is 0 Å². The van der Waals surface area contributed by atoms with E-state index < -0.39 is 12.0 Å². The van der Waals surface area contributed by atoms with E-state index in [4.69, 9.17) is 4.74 Å². The molecule has 2 aromatic carbocycles. The van der Waals surface area contributed by atoms with Crippen LogP contribution in [0.15, 0.2) is 60.7 Å². The van der Waals surface area contributed by atoms with Gasteiger partial charge in [0, 0.05) is 12.4 Å². The first-order valence-electron chi connectivity index (χ1n) is 6.87. The highest BCUT2D eigenvalue weighted by Crippen LogP contribution is 2.16. The minimum absolute atomic E-state index is 0.180. The number of carboxylic acids is 1. The smallest absolute Gasteiger partial charge is 0.258 e. The minimum atomic E-state index is -1.22. The Labute approximate surface area is 128 Å². The van der Waals surface area contributed by atoms with Gasteiger partial charge in [-0.3, -0.25) is 4.79 Å². The fourth-order valence-corrected chi connectivity index (χ4v) is 2.01. The average molecular weight is 298 g/mol. The Bertz CT molecular complexity index is 613. The Morgan fingerprint density at radius 3 is 2.18 bits per heavy atom. The quantitative estimate of drug-likeness (QED) is 0.829. The normalized spacial score (nSPS) is 11.5. The lowest BCUT2D eigenvalue weighted by Crippen LogP contribution is -2.36. The summed E-state index contributed by atoms with van der Waals surface area (Å²) in [6.45, 7) is -0.180. The van der Waals surface area contributed by atoms with Gasteiger partial charge >= 0.3 is 0 Å². The van der Waals surface area contributed by atoms with Crippen molar-refractivity contribution >= 4 is 11.9 Å². The van der Waals surface area contributed by atoms with Gasteiger partial charge in [0.15, 0.2) is 6.61 Å². The van der Waals surface area contributed by atoms with Gasteiger partial charge in [-0.1, -0.05) is 48.5 Å². The van der Waals surface area contributed by atoms with Crippen molar-refractivity contribution in [2.75, 3.05) is 6.61 Å². The van der Waals surface area contributed by atoms with Gasteiger partial charge in [-0.25, -0.2) is 0 Å². The van der Waals surface area contributed by atoms with Gasteiger partial charge in [-0.2, -0.15) is 0 Å². The van der Waals surface area contributed by atoms with Crippen LogP contribution < -0.4 is 15.2 Å². The van der Waals surface area contributed by atoms with E-state index in [1.165, 1.54) is 0 Å². The van der Waals surface area contributed by atoms with Crippen molar-refractivity contribution in [3.63, 3.8) is 0 Å². The van der Waals surface area contributed by atoms with E-state index in [-0.39, 0.29) is 18.9 Å². The van der Waals surface area contributed by atoms with Gasteiger partial charge in [0.25, 0.3) is 5.91 Å². The molecule has 0 spiro atoms. The van der Waals surface area contributed by atoms with Crippen LogP contribution in [0.3, 0.4) is 0 Å². The van der Waals surface area contributed by atoms with Crippen LogP contribution in [0.2, 0.25) is 0 Å². The summed E-state index contributed by atoms with van der Waals surface area (Å²) >= 11 is 0. The molecule has 0 saturated heterocycles. The first-order chi connectivity index (χ1) is 10.6. The third kappa shape index (κ3) is 4.94. The standard InChI is InChI=1S/C17H17NO4/c19-16(12-22-14-9-5-2-6-10-14)18-15(11-17(20)21)13-7-3-1-4-8-13/h1-10,15H,11-12H2,(H,18,19)(H,20,21)/p-1/t15-/m1/s1. The second-order valence-electron chi connectivity index (χ2n) is 4.71. The second kappa shape index (κ2) is 7.83. The number of carbonyl (C=O) groups excluding carboxylic acids is 2. The number of para-hydroxylation sites is 1. The Hall–Kier alpha value is -2.82. The largest absolute Gasteiger partial charge is 0.550 e. The molecular formula is C17H16NO4-. The van der Waals surface area contributed by atoms with E-state index in [1.54, 1.807) is 48.5 Å². The molecule has 0 unspecified atom stereocenters. The molecule has 0 saturated carbocycles. The number of aliphatic carboxylic acids is 1. The highest BCUT2D eigenvalue weighted by molar-refractivity contribution is 5.79. The molecule has 0 aromatic heterocycles.